The minimum absolute atomic E-state index is 0.189. The second-order valence-electron chi connectivity index (χ2n) is 7.73. The van der Waals surface area contributed by atoms with Crippen LogP contribution in [0.5, 0.6) is 0 Å². The van der Waals surface area contributed by atoms with E-state index in [9.17, 15) is 9.18 Å². The Balaban J connectivity index is 1.55. The first kappa shape index (κ1) is 16.0. The lowest BCUT2D eigenvalue weighted by Gasteiger charge is -2.57. The summed E-state index contributed by atoms with van der Waals surface area (Å²) in [5.74, 6) is -0.980. The minimum atomic E-state index is -0.653. The van der Waals surface area contributed by atoms with Crippen molar-refractivity contribution in [2.45, 2.75) is 64.0 Å². The van der Waals surface area contributed by atoms with Crippen LogP contribution in [-0.4, -0.2) is 28.6 Å². The quantitative estimate of drug-likeness (QED) is 0.644. The van der Waals surface area contributed by atoms with E-state index in [1.807, 2.05) is 0 Å². The van der Waals surface area contributed by atoms with Crippen molar-refractivity contribution < 1.29 is 14.4 Å². The van der Waals surface area contributed by atoms with Crippen LogP contribution in [0.25, 0.3) is 0 Å². The van der Waals surface area contributed by atoms with Crippen molar-refractivity contribution >= 4 is 5.91 Å². The van der Waals surface area contributed by atoms with E-state index < -0.39 is 5.91 Å². The number of hydrogen-bond acceptors (Lipinski definition) is 3. The molecule has 2 fully saturated rings. The van der Waals surface area contributed by atoms with E-state index in [0.29, 0.717) is 18.0 Å². The molecule has 0 saturated heterocycles. The van der Waals surface area contributed by atoms with E-state index in [0.717, 1.165) is 24.1 Å². The third kappa shape index (κ3) is 2.54. The van der Waals surface area contributed by atoms with E-state index >= 15 is 0 Å². The molecule has 1 aromatic rings. The van der Waals surface area contributed by atoms with Gasteiger partial charge in [-0.05, 0) is 55.2 Å². The number of fused-ring (bicyclic) bond motifs is 1. The van der Waals surface area contributed by atoms with Crippen LogP contribution in [0.1, 0.15) is 66.4 Å². The van der Waals surface area contributed by atoms with Crippen molar-refractivity contribution in [3.8, 4) is 0 Å². The first-order valence-electron chi connectivity index (χ1n) is 9.13. The monoisotopic (exact) mass is 332 g/mol. The minimum Gasteiger partial charge on any atom is -0.295 e. The number of carbonyl (C=O) groups is 1. The zero-order valence-corrected chi connectivity index (χ0v) is 14.0. The van der Waals surface area contributed by atoms with Gasteiger partial charge >= 0.3 is 0 Å². The Labute approximate surface area is 142 Å². The number of nitrogens with zero attached hydrogens (tertiary/aromatic N) is 1. The third-order valence-electron chi connectivity index (χ3n) is 6.59. The van der Waals surface area contributed by atoms with E-state index in [-0.39, 0.29) is 11.4 Å². The summed E-state index contributed by atoms with van der Waals surface area (Å²) in [5.41, 5.74) is 3.90. The van der Waals surface area contributed by atoms with Crippen molar-refractivity contribution in [2.75, 3.05) is 6.54 Å². The SMILES string of the molecule is O=C(NO)c1cc(F)c2c(c1)CCN([C@@H]1CCC13CCCCC3)C2. The average molecular weight is 332 g/mol. The van der Waals surface area contributed by atoms with Gasteiger partial charge in [-0.3, -0.25) is 14.9 Å². The van der Waals surface area contributed by atoms with Gasteiger partial charge in [-0.15, -0.1) is 0 Å². The van der Waals surface area contributed by atoms with E-state index in [1.165, 1.54) is 51.0 Å². The van der Waals surface area contributed by atoms with Crippen molar-refractivity contribution in [1.82, 2.24) is 10.4 Å². The lowest BCUT2D eigenvalue weighted by molar-refractivity contribution is -0.0591. The smallest absolute Gasteiger partial charge is 0.274 e. The molecule has 0 radical (unpaired) electrons. The Morgan fingerprint density at radius 2 is 2.04 bits per heavy atom. The van der Waals surface area contributed by atoms with Crippen LogP contribution >= 0.6 is 0 Å². The molecule has 1 aliphatic heterocycles. The lowest BCUT2D eigenvalue weighted by atomic mass is 9.56. The Hall–Kier alpha value is -1.46. The number of hydrogen-bond donors (Lipinski definition) is 2. The molecule has 4 rings (SSSR count). The van der Waals surface area contributed by atoms with Gasteiger partial charge in [0.05, 0.1) is 0 Å². The topological polar surface area (TPSA) is 52.6 Å². The van der Waals surface area contributed by atoms with Crippen LogP contribution < -0.4 is 5.48 Å². The molecule has 0 unspecified atom stereocenters. The summed E-state index contributed by atoms with van der Waals surface area (Å²) in [5, 5.41) is 8.75. The molecule has 3 aliphatic rings. The molecule has 5 heteroatoms. The van der Waals surface area contributed by atoms with Gasteiger partial charge < -0.3 is 0 Å². The number of amides is 1. The molecule has 2 N–H and O–H groups in total. The lowest BCUT2D eigenvalue weighted by Crippen LogP contribution is -2.57. The summed E-state index contributed by atoms with van der Waals surface area (Å²) in [6, 6.07) is 3.56. The highest BCUT2D eigenvalue weighted by atomic mass is 19.1. The second kappa shape index (κ2) is 6.12. The Morgan fingerprint density at radius 1 is 1.25 bits per heavy atom. The number of carbonyl (C=O) groups excluding carboxylic acids is 1. The predicted octanol–water partition coefficient (Wildman–Crippen LogP) is 3.42. The average Bonchev–Trinajstić information content (AvgIpc) is 2.61. The molecule has 0 bridgehead atoms. The van der Waals surface area contributed by atoms with Crippen molar-refractivity contribution in [1.29, 1.82) is 0 Å². The highest BCUT2D eigenvalue weighted by molar-refractivity contribution is 5.93. The molecule has 1 amide bonds. The summed E-state index contributed by atoms with van der Waals surface area (Å²) < 4.78 is 14.5. The molecule has 1 spiro atoms. The largest absolute Gasteiger partial charge is 0.295 e. The standard InChI is InChI=1S/C19H25FN2O2/c20-16-11-14(18(23)21-24)10-13-5-9-22(12-15(13)16)17-4-8-19(17)6-2-1-3-7-19/h10-11,17,24H,1-9,12H2,(H,21,23)/t17-/m1/s1. The summed E-state index contributed by atoms with van der Waals surface area (Å²) in [4.78, 5) is 14.0. The maximum atomic E-state index is 14.5. The second-order valence-corrected chi connectivity index (χ2v) is 7.73. The number of halogens is 1. The normalized spacial score (nSPS) is 25.8. The van der Waals surface area contributed by atoms with Gasteiger partial charge in [-0.2, -0.15) is 0 Å². The fourth-order valence-electron chi connectivity index (χ4n) is 5.19. The van der Waals surface area contributed by atoms with Crippen LogP contribution in [0, 0.1) is 11.2 Å². The van der Waals surface area contributed by atoms with E-state index in [1.54, 1.807) is 11.5 Å². The fraction of sp³-hybridized carbons (Fsp3) is 0.632. The van der Waals surface area contributed by atoms with Gasteiger partial charge in [0.15, 0.2) is 0 Å². The first-order valence-corrected chi connectivity index (χ1v) is 9.13. The molecule has 1 heterocycles. The van der Waals surface area contributed by atoms with Crippen molar-refractivity contribution in [3.05, 3.63) is 34.6 Å². The van der Waals surface area contributed by atoms with Crippen molar-refractivity contribution in [2.24, 2.45) is 5.41 Å². The van der Waals surface area contributed by atoms with Crippen LogP contribution in [0.4, 0.5) is 4.39 Å². The molecule has 130 valence electrons. The van der Waals surface area contributed by atoms with E-state index in [2.05, 4.69) is 4.90 Å². The molecule has 0 aromatic heterocycles. The van der Waals surface area contributed by atoms with Gasteiger partial charge in [0, 0.05) is 30.3 Å². The van der Waals surface area contributed by atoms with Crippen LogP contribution in [0.2, 0.25) is 0 Å². The predicted molar refractivity (Wildman–Crippen MR) is 88.3 cm³/mol. The summed E-state index contributed by atoms with van der Waals surface area (Å²) >= 11 is 0. The summed E-state index contributed by atoms with van der Waals surface area (Å²) in [6.07, 6.45) is 10.1. The van der Waals surface area contributed by atoms with Gasteiger partial charge in [0.1, 0.15) is 5.82 Å². The zero-order valence-electron chi connectivity index (χ0n) is 14.0. The Morgan fingerprint density at radius 3 is 2.71 bits per heavy atom. The van der Waals surface area contributed by atoms with Gasteiger partial charge in [-0.1, -0.05) is 19.3 Å². The van der Waals surface area contributed by atoms with Crippen molar-refractivity contribution in [3.63, 3.8) is 0 Å². The molecule has 2 saturated carbocycles. The first-order chi connectivity index (χ1) is 11.6. The number of rotatable bonds is 2. The molecular formula is C19H25FN2O2. The summed E-state index contributed by atoms with van der Waals surface area (Å²) in [6.45, 7) is 1.58. The molecule has 2 aliphatic carbocycles. The van der Waals surface area contributed by atoms with Crippen LogP contribution in [0.3, 0.4) is 0 Å². The van der Waals surface area contributed by atoms with Gasteiger partial charge in [0.25, 0.3) is 5.91 Å². The number of hydroxylamine groups is 1. The zero-order chi connectivity index (χ0) is 16.7. The molecule has 1 atom stereocenters. The van der Waals surface area contributed by atoms with Gasteiger partial charge in [0.2, 0.25) is 0 Å². The Bertz CT molecular complexity index is 655. The number of nitrogens with one attached hydrogen (secondary N) is 1. The molecule has 1 aromatic carbocycles. The highest BCUT2D eigenvalue weighted by Gasteiger charge is 2.49. The Kier molecular flexibility index (Phi) is 4.09. The molecule has 24 heavy (non-hydrogen) atoms. The van der Waals surface area contributed by atoms with Crippen LogP contribution in [-0.2, 0) is 13.0 Å². The van der Waals surface area contributed by atoms with Crippen LogP contribution in [0.15, 0.2) is 12.1 Å². The summed E-state index contributed by atoms with van der Waals surface area (Å²) in [7, 11) is 0. The fourth-order valence-corrected chi connectivity index (χ4v) is 5.19. The maximum absolute atomic E-state index is 14.5. The third-order valence-corrected chi connectivity index (χ3v) is 6.59. The maximum Gasteiger partial charge on any atom is 0.274 e. The molecule has 4 nitrogen and oxygen atoms in total. The van der Waals surface area contributed by atoms with Gasteiger partial charge in [-0.25, -0.2) is 9.87 Å². The highest BCUT2D eigenvalue weighted by Crippen LogP contribution is 2.54. The number of benzene rings is 1. The molecular weight excluding hydrogens is 307 g/mol. The van der Waals surface area contributed by atoms with E-state index in [4.69, 9.17) is 5.21 Å².